The number of anilines is 2. The number of amides is 4. The molecule has 0 saturated carbocycles. The molecule has 23 heteroatoms. The molecule has 3 aliphatic rings. The number of carbonyl (C=O) groups excluding carboxylic acids is 4. The van der Waals surface area contributed by atoms with Crippen LogP contribution in [0.2, 0.25) is 5.02 Å². The van der Waals surface area contributed by atoms with E-state index in [2.05, 4.69) is 25.1 Å². The summed E-state index contributed by atoms with van der Waals surface area (Å²) < 4.78 is 46.0. The Balaban J connectivity index is 0.000000254. The molecule has 0 bridgehead atoms. The fourth-order valence-electron chi connectivity index (χ4n) is 7.23. The summed E-state index contributed by atoms with van der Waals surface area (Å²) in [4.78, 5) is 78.0. The van der Waals surface area contributed by atoms with Gasteiger partial charge in [0.05, 0.1) is 42.0 Å². The Morgan fingerprint density at radius 1 is 1.06 bits per heavy atom. The molecular formula is C46H56Cl4FN4O13P. The Morgan fingerprint density at radius 3 is 2.12 bits per heavy atom. The van der Waals surface area contributed by atoms with Crippen LogP contribution in [0, 0.1) is 18.2 Å². The fraction of sp³-hybridized carbons (Fsp3) is 0.457. The number of aryl methyl sites for hydroxylation is 2. The van der Waals surface area contributed by atoms with Gasteiger partial charge in [-0.3, -0.25) is 38.8 Å². The number of halogens is 5. The van der Waals surface area contributed by atoms with E-state index in [9.17, 15) is 32.9 Å². The average molecular weight is 1060 g/mol. The van der Waals surface area contributed by atoms with Crippen LogP contribution in [0.15, 0.2) is 64.3 Å². The summed E-state index contributed by atoms with van der Waals surface area (Å²) in [6.45, 7) is 9.55. The van der Waals surface area contributed by atoms with E-state index in [1.807, 2.05) is 24.3 Å². The number of benzene rings is 2. The van der Waals surface area contributed by atoms with Crippen molar-refractivity contribution >= 4 is 95.0 Å². The van der Waals surface area contributed by atoms with Gasteiger partial charge < -0.3 is 38.4 Å². The van der Waals surface area contributed by atoms with E-state index in [1.54, 1.807) is 45.1 Å². The van der Waals surface area contributed by atoms with E-state index >= 15 is 0 Å². The van der Waals surface area contributed by atoms with Crippen LogP contribution in [0.25, 0.3) is 0 Å². The predicted octanol–water partition coefficient (Wildman–Crippen LogP) is 8.13. The lowest BCUT2D eigenvalue weighted by atomic mass is 9.93. The van der Waals surface area contributed by atoms with Gasteiger partial charge >= 0.3 is 13.6 Å². The standard InChI is InChI=1S/C18H15ClFNO3.C14H20ClNO2.C11H13Cl2NO3.C3H8NO5P/c1-3-10(2)24-16-9-15(14(20)8-13(16)19)21-17(22)11-6-4-5-7-12(11)18(21)23;1-4-11-7-6-8-12(5-2)14(11)16(10-18-3)13(17)9-15;1-11(2)14(10(15)9(12)13)6-8(17-11)7-4-3-5-16-7;5-3(6)1-4-2-10(7,8)9/h1,8-10H,4-7H2,2H3;6-8H,4-5,9-10H2,1-3H3;3-5,8-9H,6H2,1-2H3;4H,1-2H2,(H,5,6)(H2,7,8,9). The number of para-hydroxylation sites is 1. The van der Waals surface area contributed by atoms with Crippen LogP contribution in [0.1, 0.15) is 83.3 Å². The summed E-state index contributed by atoms with van der Waals surface area (Å²) in [7, 11) is -2.52. The molecule has 1 fully saturated rings. The second-order valence-electron chi connectivity index (χ2n) is 15.7. The monoisotopic (exact) mass is 1060 g/mol. The SMILES string of the molecule is C#CC(C)Oc1cc(N2C(=O)C3=C(CCCC3)C2=O)c(F)cc1Cl.CC1(C)OC(c2ccco2)CN1C(=O)C(Cl)Cl.CCc1cccc(CC)c1N(COC)C(=O)CCl.O=C(O)CNCP(=O)(O)O. The summed E-state index contributed by atoms with van der Waals surface area (Å²) in [6.07, 6.45) is 9.91. The minimum Gasteiger partial charge on any atom is -0.480 e. The molecule has 4 N–H and O–H groups in total. The molecule has 0 radical (unpaired) electrons. The maximum absolute atomic E-state index is 14.4. The van der Waals surface area contributed by atoms with E-state index < -0.39 is 60.7 Å². The van der Waals surface area contributed by atoms with Crippen molar-refractivity contribution in [3.05, 3.63) is 87.6 Å². The lowest BCUT2D eigenvalue weighted by Crippen LogP contribution is -2.45. The molecule has 2 atom stereocenters. The maximum Gasteiger partial charge on any atom is 0.339 e. The zero-order chi connectivity index (χ0) is 51.8. The van der Waals surface area contributed by atoms with Crippen LogP contribution in [0.5, 0.6) is 5.75 Å². The molecule has 2 aromatic carbocycles. The highest BCUT2D eigenvalue weighted by Gasteiger charge is 2.45. The number of aliphatic carboxylic acids is 1. The number of hydrogen-bond acceptors (Lipinski definition) is 11. The summed E-state index contributed by atoms with van der Waals surface area (Å²) in [5.74, 6) is -0.171. The van der Waals surface area contributed by atoms with Crippen molar-refractivity contribution in [3.8, 4) is 18.1 Å². The molecule has 0 spiro atoms. The van der Waals surface area contributed by atoms with Crippen molar-refractivity contribution in [1.82, 2.24) is 10.2 Å². The molecule has 17 nitrogen and oxygen atoms in total. The number of carbonyl (C=O) groups is 5. The van der Waals surface area contributed by atoms with Gasteiger partial charge in [0.2, 0.25) is 5.91 Å². The topological polar surface area (TPSA) is 226 Å². The van der Waals surface area contributed by atoms with Crippen LogP contribution in [0.4, 0.5) is 15.8 Å². The summed E-state index contributed by atoms with van der Waals surface area (Å²) in [5, 5.41) is 10.1. The summed E-state index contributed by atoms with van der Waals surface area (Å²) >= 11 is 22.9. The van der Waals surface area contributed by atoms with Gasteiger partial charge in [0.25, 0.3) is 17.7 Å². The van der Waals surface area contributed by atoms with Crippen molar-refractivity contribution in [2.45, 2.75) is 95.9 Å². The third-order valence-electron chi connectivity index (χ3n) is 10.4. The van der Waals surface area contributed by atoms with Gasteiger partial charge in [-0.1, -0.05) is 72.8 Å². The maximum atomic E-state index is 14.4. The first-order chi connectivity index (χ1) is 32.5. The van der Waals surface area contributed by atoms with Crippen LogP contribution >= 0.6 is 54.0 Å². The zero-order valence-electron chi connectivity index (χ0n) is 38.8. The Kier molecular flexibility index (Phi) is 23.2. The molecule has 6 rings (SSSR count). The number of terminal acetylenes is 1. The number of nitrogens with one attached hydrogen (secondary N) is 1. The van der Waals surface area contributed by atoms with Gasteiger partial charge in [-0.2, -0.15) is 0 Å². The third kappa shape index (κ3) is 16.5. The number of ether oxygens (including phenoxy) is 3. The van der Waals surface area contributed by atoms with E-state index in [4.69, 9.17) is 86.3 Å². The number of imide groups is 1. The Bertz CT molecular complexity index is 2360. The number of carboxylic acids is 1. The third-order valence-corrected chi connectivity index (χ3v) is 11.9. The van der Waals surface area contributed by atoms with Crippen LogP contribution in [-0.2, 0) is 50.9 Å². The first kappa shape index (κ1) is 58.8. The lowest BCUT2D eigenvalue weighted by molar-refractivity contribution is -0.144. The number of furan rings is 1. The van der Waals surface area contributed by atoms with E-state index in [0.29, 0.717) is 36.3 Å². The summed E-state index contributed by atoms with van der Waals surface area (Å²) in [5.41, 5.74) is 3.31. The Labute approximate surface area is 420 Å². The van der Waals surface area contributed by atoms with Gasteiger partial charge in [0.1, 0.15) is 41.8 Å². The minimum absolute atomic E-state index is 0.0233. The highest BCUT2D eigenvalue weighted by molar-refractivity contribution is 7.51. The largest absolute Gasteiger partial charge is 0.480 e. The quantitative estimate of drug-likeness (QED) is 0.0371. The van der Waals surface area contributed by atoms with Crippen molar-refractivity contribution in [2.24, 2.45) is 0 Å². The second-order valence-corrected chi connectivity index (χ2v) is 19.2. The number of methoxy groups -OCH3 is 1. The zero-order valence-corrected chi connectivity index (χ0v) is 42.7. The molecule has 3 aromatic rings. The van der Waals surface area contributed by atoms with E-state index in [-0.39, 0.29) is 47.0 Å². The fourth-order valence-corrected chi connectivity index (χ4v) is 8.20. The molecule has 4 amide bonds. The van der Waals surface area contributed by atoms with Crippen molar-refractivity contribution in [1.29, 1.82) is 0 Å². The molecule has 2 aliphatic heterocycles. The van der Waals surface area contributed by atoms with Crippen molar-refractivity contribution in [2.75, 3.05) is 48.9 Å². The van der Waals surface area contributed by atoms with Crippen molar-refractivity contribution in [3.63, 3.8) is 0 Å². The summed E-state index contributed by atoms with van der Waals surface area (Å²) in [6, 6.07) is 12.0. The molecule has 378 valence electrons. The Hall–Kier alpha value is -4.51. The van der Waals surface area contributed by atoms with E-state index in [1.165, 1.54) is 11.0 Å². The first-order valence-corrected chi connectivity index (χ1v) is 25.0. The van der Waals surface area contributed by atoms with Crippen LogP contribution < -0.4 is 19.9 Å². The number of nitrogens with zero attached hydrogens (tertiary/aromatic N) is 3. The number of rotatable bonds is 15. The number of alkyl halides is 3. The number of carboxylic acid groups (broad SMARTS) is 1. The molecule has 69 heavy (non-hydrogen) atoms. The molecule has 2 unspecified atom stereocenters. The lowest BCUT2D eigenvalue weighted by Gasteiger charge is -2.29. The normalized spacial score (nSPS) is 16.6. The van der Waals surface area contributed by atoms with E-state index in [0.717, 1.165) is 53.5 Å². The highest BCUT2D eigenvalue weighted by atomic mass is 35.5. The minimum atomic E-state index is -4.10. The molecule has 1 saturated heterocycles. The van der Waals surface area contributed by atoms with Crippen LogP contribution in [0.3, 0.4) is 0 Å². The van der Waals surface area contributed by atoms with Gasteiger partial charge in [0.15, 0.2) is 10.9 Å². The second kappa shape index (κ2) is 27.2. The molecular weight excluding hydrogens is 1010 g/mol. The Morgan fingerprint density at radius 2 is 1.65 bits per heavy atom. The number of hydrogen-bond donors (Lipinski definition) is 4. The predicted molar refractivity (Wildman–Crippen MR) is 260 cm³/mol. The van der Waals surface area contributed by atoms with Gasteiger partial charge in [0, 0.05) is 24.3 Å². The molecule has 1 aromatic heterocycles. The first-order valence-electron chi connectivity index (χ1n) is 21.4. The smallest absolute Gasteiger partial charge is 0.339 e. The molecule has 1 aliphatic carbocycles. The average Bonchev–Trinajstić information content (AvgIpc) is 4.02. The van der Waals surface area contributed by atoms with Crippen LogP contribution in [-0.4, -0.2) is 105 Å². The highest BCUT2D eigenvalue weighted by Crippen LogP contribution is 2.40. The van der Waals surface area contributed by atoms with Gasteiger partial charge in [-0.25, -0.2) is 9.29 Å². The van der Waals surface area contributed by atoms with Gasteiger partial charge in [-0.15, -0.1) is 18.0 Å². The van der Waals surface area contributed by atoms with Crippen molar-refractivity contribution < 1.29 is 66.4 Å². The van der Waals surface area contributed by atoms with Gasteiger partial charge in [-0.05, 0) is 88.6 Å². The molecule has 3 heterocycles.